The minimum Gasteiger partial charge on any atom is -0.394 e. The van der Waals surface area contributed by atoms with E-state index in [4.69, 9.17) is 11.0 Å². The van der Waals surface area contributed by atoms with Gasteiger partial charge in [0.2, 0.25) is 0 Å². The number of nitrogens with zero attached hydrogens (tertiary/aromatic N) is 2. The monoisotopic (exact) mass is 353 g/mol. The van der Waals surface area contributed by atoms with Crippen molar-refractivity contribution in [2.24, 2.45) is 12.8 Å². The molecule has 0 saturated carbocycles. The van der Waals surface area contributed by atoms with E-state index in [-0.39, 0.29) is 12.4 Å². The summed E-state index contributed by atoms with van der Waals surface area (Å²) in [5, 5.41) is 18.1. The Morgan fingerprint density at radius 2 is 1.92 bits per heavy atom. The lowest BCUT2D eigenvalue weighted by Gasteiger charge is -2.21. The van der Waals surface area contributed by atoms with Crippen LogP contribution in [0.15, 0.2) is 36.4 Å². The van der Waals surface area contributed by atoms with Crippen molar-refractivity contribution in [2.75, 3.05) is 6.61 Å². The van der Waals surface area contributed by atoms with Gasteiger partial charge in [-0.15, -0.1) is 0 Å². The Morgan fingerprint density at radius 1 is 1.23 bits per heavy atom. The molecule has 3 N–H and O–H groups in total. The molecule has 0 fully saturated rings. The summed E-state index contributed by atoms with van der Waals surface area (Å²) in [5.41, 5.74) is 8.92. The summed E-state index contributed by atoms with van der Waals surface area (Å²) in [6, 6.07) is 13.4. The molecule has 1 aromatic carbocycles. The van der Waals surface area contributed by atoms with E-state index in [0.717, 1.165) is 30.5 Å². The van der Waals surface area contributed by atoms with Gasteiger partial charge in [-0.2, -0.15) is 5.26 Å². The maximum atomic E-state index is 12.5. The first kappa shape index (κ1) is 19.9. The second-order valence-electron chi connectivity index (χ2n) is 7.17. The third-order valence-corrected chi connectivity index (χ3v) is 4.78. The maximum absolute atomic E-state index is 12.5. The summed E-state index contributed by atoms with van der Waals surface area (Å²) in [7, 11) is 1.90. The lowest BCUT2D eigenvalue weighted by Crippen LogP contribution is -2.40. The van der Waals surface area contributed by atoms with Crippen LogP contribution in [-0.4, -0.2) is 27.6 Å². The number of aliphatic hydroxyl groups is 1. The predicted octanol–water partition coefficient (Wildman–Crippen LogP) is 2.74. The summed E-state index contributed by atoms with van der Waals surface area (Å²) < 4.78 is 1.93. The number of carbonyl (C=O) groups is 1. The Labute approximate surface area is 155 Å². The minimum atomic E-state index is -0.602. The highest BCUT2D eigenvalue weighted by Gasteiger charge is 2.19. The normalized spacial score (nSPS) is 13.2. The van der Waals surface area contributed by atoms with E-state index in [1.807, 2.05) is 42.8 Å². The van der Waals surface area contributed by atoms with Crippen LogP contribution in [0.25, 0.3) is 0 Å². The van der Waals surface area contributed by atoms with Gasteiger partial charge in [-0.1, -0.05) is 12.1 Å². The fourth-order valence-electron chi connectivity index (χ4n) is 2.90. The van der Waals surface area contributed by atoms with Crippen molar-refractivity contribution >= 4 is 5.78 Å². The largest absolute Gasteiger partial charge is 0.394 e. The molecule has 0 aliphatic carbocycles. The third-order valence-electron chi connectivity index (χ3n) is 4.78. The molecule has 0 amide bonds. The van der Waals surface area contributed by atoms with Crippen molar-refractivity contribution in [1.82, 2.24) is 4.57 Å². The topological polar surface area (TPSA) is 92.0 Å². The SMILES string of the molecule is Cn1c(CCC(C)(N)CO)ccc1C(=O)CCCc1ccc(C#N)cc1. The molecule has 1 atom stereocenters. The molecular formula is C21H27N3O2. The molecule has 2 aromatic rings. The van der Waals surface area contributed by atoms with Crippen LogP contribution in [0.2, 0.25) is 0 Å². The fraction of sp³-hybridized carbons (Fsp3) is 0.429. The average Bonchev–Trinajstić information content (AvgIpc) is 3.01. The average molecular weight is 353 g/mol. The number of ketones is 1. The number of carbonyl (C=O) groups excluding carboxylic acids is 1. The summed E-state index contributed by atoms with van der Waals surface area (Å²) >= 11 is 0. The zero-order valence-electron chi connectivity index (χ0n) is 15.5. The fourth-order valence-corrected chi connectivity index (χ4v) is 2.90. The summed E-state index contributed by atoms with van der Waals surface area (Å²) in [5.74, 6) is 0.130. The molecule has 0 spiro atoms. The summed E-state index contributed by atoms with van der Waals surface area (Å²) in [6.07, 6.45) is 3.46. The number of benzene rings is 1. The smallest absolute Gasteiger partial charge is 0.179 e. The Kier molecular flexibility index (Phi) is 6.73. The Balaban J connectivity index is 1.88. The van der Waals surface area contributed by atoms with Crippen LogP contribution < -0.4 is 5.73 Å². The van der Waals surface area contributed by atoms with Crippen LogP contribution in [0, 0.1) is 11.3 Å². The first-order valence-corrected chi connectivity index (χ1v) is 8.93. The van der Waals surface area contributed by atoms with E-state index < -0.39 is 5.54 Å². The molecular weight excluding hydrogens is 326 g/mol. The first-order valence-electron chi connectivity index (χ1n) is 8.93. The van der Waals surface area contributed by atoms with Gasteiger partial charge in [0.15, 0.2) is 5.78 Å². The van der Waals surface area contributed by atoms with Gasteiger partial charge in [-0.25, -0.2) is 0 Å². The van der Waals surface area contributed by atoms with Gasteiger partial charge in [0.1, 0.15) is 0 Å². The first-order chi connectivity index (χ1) is 12.4. The molecule has 0 aliphatic heterocycles. The van der Waals surface area contributed by atoms with Crippen LogP contribution in [0.1, 0.15) is 53.5 Å². The molecule has 0 saturated heterocycles. The highest BCUT2D eigenvalue weighted by atomic mass is 16.3. The number of hydrogen-bond acceptors (Lipinski definition) is 4. The molecule has 1 unspecified atom stereocenters. The summed E-state index contributed by atoms with van der Waals surface area (Å²) in [6.45, 7) is 1.77. The Bertz CT molecular complexity index is 783. The van der Waals surface area contributed by atoms with Crippen LogP contribution in [0.5, 0.6) is 0 Å². The van der Waals surface area contributed by atoms with Gasteiger partial charge in [0, 0.05) is 24.7 Å². The highest BCUT2D eigenvalue weighted by molar-refractivity contribution is 5.94. The van der Waals surface area contributed by atoms with Gasteiger partial charge in [-0.05, 0) is 62.4 Å². The van der Waals surface area contributed by atoms with E-state index in [1.165, 1.54) is 0 Å². The number of aryl methyl sites for hydroxylation is 2. The van der Waals surface area contributed by atoms with Crippen molar-refractivity contribution in [3.63, 3.8) is 0 Å². The predicted molar refractivity (Wildman–Crippen MR) is 102 cm³/mol. The van der Waals surface area contributed by atoms with Crippen molar-refractivity contribution in [2.45, 2.75) is 44.6 Å². The molecule has 5 heteroatoms. The van der Waals surface area contributed by atoms with Gasteiger partial charge >= 0.3 is 0 Å². The molecule has 0 bridgehead atoms. The third kappa shape index (κ3) is 5.29. The lowest BCUT2D eigenvalue weighted by atomic mass is 9.97. The van der Waals surface area contributed by atoms with Crippen molar-refractivity contribution in [3.8, 4) is 6.07 Å². The number of hydrogen-bond donors (Lipinski definition) is 2. The standard InChI is InChI=1S/C21H27N3O2/c1-21(23,15-25)13-12-18-10-11-19(24(18)2)20(26)5-3-4-16-6-8-17(14-22)9-7-16/h6-11,25H,3-5,12-13,15,23H2,1-2H3. The van der Waals surface area contributed by atoms with E-state index in [0.29, 0.717) is 24.1 Å². The van der Waals surface area contributed by atoms with Gasteiger partial charge in [0.25, 0.3) is 0 Å². The molecule has 138 valence electrons. The van der Waals surface area contributed by atoms with E-state index in [1.54, 1.807) is 12.1 Å². The van der Waals surface area contributed by atoms with Crippen LogP contribution >= 0.6 is 0 Å². The molecule has 1 heterocycles. The maximum Gasteiger partial charge on any atom is 0.179 e. The minimum absolute atomic E-state index is 0.0570. The van der Waals surface area contributed by atoms with Crippen LogP contribution in [0.3, 0.4) is 0 Å². The molecule has 26 heavy (non-hydrogen) atoms. The number of nitriles is 1. The van der Waals surface area contributed by atoms with E-state index >= 15 is 0 Å². The second kappa shape index (κ2) is 8.79. The summed E-state index contributed by atoms with van der Waals surface area (Å²) in [4.78, 5) is 12.5. The Morgan fingerprint density at radius 3 is 2.54 bits per heavy atom. The highest BCUT2D eigenvalue weighted by Crippen LogP contribution is 2.16. The quantitative estimate of drug-likeness (QED) is 0.678. The Hall–Kier alpha value is -2.42. The molecule has 1 aromatic heterocycles. The molecule has 0 aliphatic rings. The van der Waals surface area contributed by atoms with Crippen molar-refractivity contribution < 1.29 is 9.90 Å². The van der Waals surface area contributed by atoms with Gasteiger partial charge in [0.05, 0.1) is 23.9 Å². The van der Waals surface area contributed by atoms with Crippen LogP contribution in [-0.2, 0) is 19.9 Å². The number of Topliss-reactive ketones (excluding diaryl/α,β-unsaturated/α-hetero) is 1. The second-order valence-corrected chi connectivity index (χ2v) is 7.17. The van der Waals surface area contributed by atoms with E-state index in [2.05, 4.69) is 6.07 Å². The molecule has 0 radical (unpaired) electrons. The van der Waals surface area contributed by atoms with Gasteiger partial charge < -0.3 is 15.4 Å². The number of nitrogens with two attached hydrogens (primary N) is 1. The lowest BCUT2D eigenvalue weighted by molar-refractivity contribution is 0.0972. The number of rotatable bonds is 9. The van der Waals surface area contributed by atoms with Gasteiger partial charge in [-0.3, -0.25) is 4.79 Å². The zero-order valence-corrected chi connectivity index (χ0v) is 15.5. The number of aliphatic hydroxyl groups excluding tert-OH is 1. The zero-order chi connectivity index (χ0) is 19.2. The molecule has 5 nitrogen and oxygen atoms in total. The van der Waals surface area contributed by atoms with Crippen molar-refractivity contribution in [3.05, 3.63) is 58.9 Å². The van der Waals surface area contributed by atoms with Crippen molar-refractivity contribution in [1.29, 1.82) is 5.26 Å². The van der Waals surface area contributed by atoms with E-state index in [9.17, 15) is 9.90 Å². The molecule has 2 rings (SSSR count). The van der Waals surface area contributed by atoms with Crippen LogP contribution in [0.4, 0.5) is 0 Å². The number of aromatic nitrogens is 1.